The van der Waals surface area contributed by atoms with Crippen LogP contribution < -0.4 is 5.32 Å². The van der Waals surface area contributed by atoms with Gasteiger partial charge in [-0.2, -0.15) is 0 Å². The van der Waals surface area contributed by atoms with Crippen molar-refractivity contribution in [1.29, 1.82) is 0 Å². The van der Waals surface area contributed by atoms with Gasteiger partial charge in [0.15, 0.2) is 0 Å². The average Bonchev–Trinajstić information content (AvgIpc) is 2.65. The van der Waals surface area contributed by atoms with Gasteiger partial charge in [-0.3, -0.25) is 0 Å². The molecule has 1 unspecified atom stereocenters. The maximum Gasteiger partial charge on any atom is 0.331 e. The number of hydrogen-bond donors (Lipinski definition) is 1. The number of carbonyl (C=O) groups excluding carboxylic acids is 1. The molecule has 1 aromatic rings. The predicted molar refractivity (Wildman–Crippen MR) is 85.5 cm³/mol. The molecule has 0 saturated carbocycles. The first-order valence-electron chi connectivity index (χ1n) is 7.77. The smallest absolute Gasteiger partial charge is 0.331 e. The summed E-state index contributed by atoms with van der Waals surface area (Å²) in [6.07, 6.45) is 2.58. The van der Waals surface area contributed by atoms with E-state index >= 15 is 0 Å². The molecule has 0 amide bonds. The number of likely N-dealkylation sites (tertiary alicyclic amines) is 1. The van der Waals surface area contributed by atoms with Crippen LogP contribution >= 0.6 is 0 Å². The maximum absolute atomic E-state index is 12.6. The number of rotatable bonds is 4. The van der Waals surface area contributed by atoms with Crippen LogP contribution in [-0.4, -0.2) is 43.2 Å². The van der Waals surface area contributed by atoms with Crippen LogP contribution in [0.15, 0.2) is 24.3 Å². The van der Waals surface area contributed by atoms with Crippen LogP contribution in [-0.2, 0) is 9.53 Å². The van der Waals surface area contributed by atoms with Gasteiger partial charge < -0.3 is 15.0 Å². The Bertz CT molecular complexity index is 489. The molecule has 0 aromatic heterocycles. The van der Waals surface area contributed by atoms with E-state index in [-0.39, 0.29) is 5.97 Å². The van der Waals surface area contributed by atoms with Crippen LogP contribution in [0, 0.1) is 6.92 Å². The highest BCUT2D eigenvalue weighted by Crippen LogP contribution is 2.29. The molecule has 1 heterocycles. The zero-order chi connectivity index (χ0) is 15.3. The third kappa shape index (κ3) is 3.76. The Morgan fingerprint density at radius 1 is 1.33 bits per heavy atom. The largest absolute Gasteiger partial charge is 0.464 e. The van der Waals surface area contributed by atoms with Crippen LogP contribution in [0.1, 0.15) is 31.7 Å². The van der Waals surface area contributed by atoms with Crippen molar-refractivity contribution < 1.29 is 9.53 Å². The van der Waals surface area contributed by atoms with Gasteiger partial charge >= 0.3 is 5.97 Å². The van der Waals surface area contributed by atoms with Crippen LogP contribution in [0.3, 0.4) is 0 Å². The summed E-state index contributed by atoms with van der Waals surface area (Å²) >= 11 is 0. The van der Waals surface area contributed by atoms with Crippen LogP contribution in [0.25, 0.3) is 0 Å². The number of aryl methyl sites for hydroxylation is 1. The molecule has 1 fully saturated rings. The molecule has 1 atom stereocenters. The Balaban J connectivity index is 2.27. The van der Waals surface area contributed by atoms with Gasteiger partial charge in [-0.1, -0.05) is 18.2 Å². The van der Waals surface area contributed by atoms with Crippen molar-refractivity contribution in [2.24, 2.45) is 0 Å². The third-order valence-corrected chi connectivity index (χ3v) is 4.25. The van der Waals surface area contributed by atoms with E-state index in [1.54, 1.807) is 0 Å². The molecule has 1 N–H and O–H groups in total. The van der Waals surface area contributed by atoms with E-state index in [9.17, 15) is 4.79 Å². The molecule has 0 bridgehead atoms. The molecule has 1 aliphatic rings. The molecule has 21 heavy (non-hydrogen) atoms. The maximum atomic E-state index is 12.6. The number of esters is 1. The van der Waals surface area contributed by atoms with Gasteiger partial charge in [0.1, 0.15) is 5.54 Å². The molecule has 1 aromatic carbocycles. The summed E-state index contributed by atoms with van der Waals surface area (Å²) in [7, 11) is 2.11. The number of nitrogens with zero attached hydrogens (tertiary/aromatic N) is 1. The average molecular weight is 290 g/mol. The van der Waals surface area contributed by atoms with Crippen molar-refractivity contribution in [2.45, 2.75) is 38.6 Å². The van der Waals surface area contributed by atoms with Crippen LogP contribution in [0.5, 0.6) is 0 Å². The minimum atomic E-state index is -0.604. The highest BCUT2D eigenvalue weighted by Gasteiger charge is 2.41. The summed E-state index contributed by atoms with van der Waals surface area (Å²) < 4.78 is 5.37. The first kappa shape index (κ1) is 15.8. The zero-order valence-electron chi connectivity index (χ0n) is 13.3. The molecular weight excluding hydrogens is 264 g/mol. The Morgan fingerprint density at radius 2 is 2.10 bits per heavy atom. The molecule has 4 nitrogen and oxygen atoms in total. The lowest BCUT2D eigenvalue weighted by atomic mass is 9.89. The number of carbonyl (C=O) groups is 1. The van der Waals surface area contributed by atoms with Crippen LogP contribution in [0.4, 0.5) is 5.69 Å². The highest BCUT2D eigenvalue weighted by molar-refractivity contribution is 5.85. The number of hydrogen-bond acceptors (Lipinski definition) is 4. The van der Waals surface area contributed by atoms with E-state index in [1.165, 1.54) is 0 Å². The van der Waals surface area contributed by atoms with Gasteiger partial charge in [0, 0.05) is 12.2 Å². The molecule has 0 radical (unpaired) electrons. The quantitative estimate of drug-likeness (QED) is 0.866. The van der Waals surface area contributed by atoms with E-state index in [0.29, 0.717) is 6.61 Å². The minimum absolute atomic E-state index is 0.122. The van der Waals surface area contributed by atoms with Gasteiger partial charge in [0.05, 0.1) is 6.61 Å². The molecule has 2 rings (SSSR count). The van der Waals surface area contributed by atoms with E-state index < -0.39 is 5.54 Å². The summed E-state index contributed by atoms with van der Waals surface area (Å²) in [5.74, 6) is -0.122. The fourth-order valence-electron chi connectivity index (χ4n) is 2.89. The van der Waals surface area contributed by atoms with Crippen molar-refractivity contribution in [3.8, 4) is 0 Å². The summed E-state index contributed by atoms with van der Waals surface area (Å²) in [6, 6.07) is 8.10. The van der Waals surface area contributed by atoms with Crippen molar-refractivity contribution >= 4 is 11.7 Å². The first-order chi connectivity index (χ1) is 10.1. The second kappa shape index (κ2) is 6.94. The Morgan fingerprint density at radius 3 is 2.81 bits per heavy atom. The Labute approximate surface area is 127 Å². The van der Waals surface area contributed by atoms with Crippen molar-refractivity contribution in [2.75, 3.05) is 32.1 Å². The zero-order valence-corrected chi connectivity index (χ0v) is 13.3. The fraction of sp³-hybridized carbons (Fsp3) is 0.588. The number of benzene rings is 1. The monoisotopic (exact) mass is 290 g/mol. The van der Waals surface area contributed by atoms with Crippen LogP contribution in [0.2, 0.25) is 0 Å². The SMILES string of the molecule is CCOC(=O)C1(Nc2ccccc2C)CCCN(C)CC1. The lowest BCUT2D eigenvalue weighted by Gasteiger charge is -2.33. The summed E-state index contributed by atoms with van der Waals surface area (Å²) in [6.45, 7) is 6.27. The molecule has 116 valence electrons. The topological polar surface area (TPSA) is 41.6 Å². The van der Waals surface area contributed by atoms with Crippen molar-refractivity contribution in [3.63, 3.8) is 0 Å². The third-order valence-electron chi connectivity index (χ3n) is 4.25. The van der Waals surface area contributed by atoms with Gasteiger partial charge in [0.25, 0.3) is 0 Å². The number of nitrogens with one attached hydrogen (secondary N) is 1. The summed E-state index contributed by atoms with van der Waals surface area (Å²) in [4.78, 5) is 14.9. The van der Waals surface area contributed by atoms with E-state index in [1.807, 2.05) is 25.1 Å². The van der Waals surface area contributed by atoms with Gasteiger partial charge in [-0.25, -0.2) is 4.79 Å². The number of anilines is 1. The molecule has 1 saturated heterocycles. The molecule has 0 aliphatic carbocycles. The standard InChI is InChI=1S/C17H26N2O2/c1-4-21-16(20)17(10-7-12-19(3)13-11-17)18-15-9-6-5-8-14(15)2/h5-6,8-9,18H,4,7,10-13H2,1-3H3. The van der Waals surface area contributed by atoms with E-state index in [4.69, 9.17) is 4.74 Å². The normalized spacial score (nSPS) is 23.4. The second-order valence-corrected chi connectivity index (χ2v) is 5.90. The molecule has 1 aliphatic heterocycles. The lowest BCUT2D eigenvalue weighted by molar-refractivity contribution is -0.149. The Kier molecular flexibility index (Phi) is 5.23. The molecule has 4 heteroatoms. The second-order valence-electron chi connectivity index (χ2n) is 5.90. The predicted octanol–water partition coefficient (Wildman–Crippen LogP) is 2.82. The summed E-state index contributed by atoms with van der Waals surface area (Å²) in [5.41, 5.74) is 1.57. The Hall–Kier alpha value is -1.55. The van der Waals surface area contributed by atoms with Gasteiger partial charge in [-0.05, 0) is 58.3 Å². The minimum Gasteiger partial charge on any atom is -0.464 e. The number of para-hydroxylation sites is 1. The molecule has 0 spiro atoms. The lowest BCUT2D eigenvalue weighted by Crippen LogP contribution is -2.48. The first-order valence-corrected chi connectivity index (χ1v) is 7.77. The summed E-state index contributed by atoms with van der Waals surface area (Å²) in [5, 5.41) is 3.51. The highest BCUT2D eigenvalue weighted by atomic mass is 16.5. The van der Waals surface area contributed by atoms with Gasteiger partial charge in [0.2, 0.25) is 0 Å². The van der Waals surface area contributed by atoms with E-state index in [2.05, 4.69) is 30.3 Å². The van der Waals surface area contributed by atoms with E-state index in [0.717, 1.165) is 43.6 Å². The molecular formula is C17H26N2O2. The van der Waals surface area contributed by atoms with Gasteiger partial charge in [-0.15, -0.1) is 0 Å². The fourth-order valence-corrected chi connectivity index (χ4v) is 2.89. The number of ether oxygens (including phenoxy) is 1. The van der Waals surface area contributed by atoms with Crippen molar-refractivity contribution in [1.82, 2.24) is 4.90 Å². The van der Waals surface area contributed by atoms with Crippen molar-refractivity contribution in [3.05, 3.63) is 29.8 Å².